The summed E-state index contributed by atoms with van der Waals surface area (Å²) >= 11 is 0.839. The van der Waals surface area contributed by atoms with Crippen LogP contribution in [0, 0.1) is 0 Å². The van der Waals surface area contributed by atoms with Crippen LogP contribution in [0.1, 0.15) is 21.9 Å². The molecule has 0 bridgehead atoms. The van der Waals surface area contributed by atoms with Crippen molar-refractivity contribution in [2.24, 2.45) is 0 Å². The molecule has 1 fully saturated rings. The number of carbonyl (C=O) groups is 3. The van der Waals surface area contributed by atoms with Crippen LogP contribution in [0.25, 0.3) is 6.08 Å². The Kier molecular flexibility index (Phi) is 5.51. The molecule has 3 rings (SSSR count). The van der Waals surface area contributed by atoms with Gasteiger partial charge in [0.1, 0.15) is 12.4 Å². The van der Waals surface area contributed by atoms with Crippen LogP contribution < -0.4 is 14.8 Å². The molecule has 0 radical (unpaired) electrons. The summed E-state index contributed by atoms with van der Waals surface area (Å²) in [6.07, 6.45) is 1.59. The summed E-state index contributed by atoms with van der Waals surface area (Å²) in [5.41, 5.74) is 0.678. The molecule has 0 unspecified atom stereocenters. The first-order chi connectivity index (χ1) is 13.0. The maximum atomic E-state index is 11.6. The molecule has 1 aromatic carbocycles. The van der Waals surface area contributed by atoms with Crippen molar-refractivity contribution in [1.29, 1.82) is 0 Å². The van der Waals surface area contributed by atoms with Crippen LogP contribution in [0.5, 0.6) is 11.5 Å². The third kappa shape index (κ3) is 4.32. The molecule has 1 aliphatic heterocycles. The van der Waals surface area contributed by atoms with Gasteiger partial charge in [-0.1, -0.05) is 6.07 Å². The number of benzene rings is 1. The second-order valence-electron chi connectivity index (χ2n) is 5.31. The Labute approximate surface area is 158 Å². The first-order valence-electron chi connectivity index (χ1n) is 7.73. The number of methoxy groups -OCH3 is 2. The van der Waals surface area contributed by atoms with Gasteiger partial charge in [-0.05, 0) is 47.7 Å². The molecular formula is C18H15NO7S. The zero-order chi connectivity index (χ0) is 19.4. The Balaban J connectivity index is 1.72. The van der Waals surface area contributed by atoms with Gasteiger partial charge >= 0.3 is 5.97 Å². The van der Waals surface area contributed by atoms with Crippen molar-refractivity contribution in [1.82, 2.24) is 5.32 Å². The minimum atomic E-state index is -0.566. The van der Waals surface area contributed by atoms with Crippen molar-refractivity contribution < 1.29 is 33.0 Å². The summed E-state index contributed by atoms with van der Waals surface area (Å²) in [5.74, 6) is 0.439. The summed E-state index contributed by atoms with van der Waals surface area (Å²) in [5, 5.41) is 1.80. The molecule has 8 nitrogen and oxygen atoms in total. The van der Waals surface area contributed by atoms with Gasteiger partial charge in [0, 0.05) is 0 Å². The van der Waals surface area contributed by atoms with E-state index in [0.29, 0.717) is 27.7 Å². The molecule has 0 aliphatic carbocycles. The Bertz CT molecular complexity index is 932. The first kappa shape index (κ1) is 18.6. The average molecular weight is 389 g/mol. The van der Waals surface area contributed by atoms with Gasteiger partial charge in [-0.25, -0.2) is 4.79 Å². The average Bonchev–Trinajstić information content (AvgIpc) is 3.26. The molecule has 0 saturated carbocycles. The largest absolute Gasteiger partial charge is 0.493 e. The number of rotatable bonds is 6. The van der Waals surface area contributed by atoms with Crippen LogP contribution in [-0.2, 0) is 16.1 Å². The Hall–Kier alpha value is -3.20. The van der Waals surface area contributed by atoms with E-state index in [1.54, 1.807) is 30.3 Å². The molecule has 2 heterocycles. The second kappa shape index (κ2) is 8.00. The lowest BCUT2D eigenvalue weighted by Gasteiger charge is -2.10. The summed E-state index contributed by atoms with van der Waals surface area (Å²) in [4.78, 5) is 34.5. The monoisotopic (exact) mass is 389 g/mol. The van der Waals surface area contributed by atoms with Crippen LogP contribution >= 0.6 is 11.8 Å². The maximum Gasteiger partial charge on any atom is 0.373 e. The number of thioether (sulfide) groups is 1. The molecule has 1 N–H and O–H groups in total. The number of amides is 2. The predicted molar refractivity (Wildman–Crippen MR) is 96.5 cm³/mol. The highest BCUT2D eigenvalue weighted by Gasteiger charge is 2.25. The molecular weight excluding hydrogens is 374 g/mol. The normalized spacial score (nSPS) is 15.0. The van der Waals surface area contributed by atoms with E-state index in [-0.39, 0.29) is 12.4 Å². The van der Waals surface area contributed by atoms with E-state index < -0.39 is 17.1 Å². The number of ether oxygens (including phenoxy) is 3. The lowest BCUT2D eigenvalue weighted by atomic mass is 10.2. The van der Waals surface area contributed by atoms with Gasteiger partial charge in [0.05, 0.1) is 19.1 Å². The minimum Gasteiger partial charge on any atom is -0.493 e. The van der Waals surface area contributed by atoms with E-state index in [1.807, 2.05) is 0 Å². The topological polar surface area (TPSA) is 104 Å². The Morgan fingerprint density at radius 3 is 2.67 bits per heavy atom. The van der Waals surface area contributed by atoms with Crippen molar-refractivity contribution in [2.45, 2.75) is 6.61 Å². The highest BCUT2D eigenvalue weighted by molar-refractivity contribution is 8.18. The van der Waals surface area contributed by atoms with Crippen LogP contribution in [0.4, 0.5) is 4.79 Å². The molecule has 1 aromatic heterocycles. The van der Waals surface area contributed by atoms with Crippen molar-refractivity contribution in [3.8, 4) is 11.5 Å². The van der Waals surface area contributed by atoms with E-state index in [1.165, 1.54) is 20.3 Å². The number of nitrogens with one attached hydrogen (secondary N) is 1. The highest BCUT2D eigenvalue weighted by Crippen LogP contribution is 2.32. The molecule has 9 heteroatoms. The van der Waals surface area contributed by atoms with Crippen molar-refractivity contribution in [3.63, 3.8) is 0 Å². The third-order valence-corrected chi connectivity index (χ3v) is 4.36. The van der Waals surface area contributed by atoms with Gasteiger partial charge in [0.25, 0.3) is 11.1 Å². The van der Waals surface area contributed by atoms with Gasteiger partial charge in [-0.2, -0.15) is 0 Å². The molecule has 27 heavy (non-hydrogen) atoms. The lowest BCUT2D eigenvalue weighted by Crippen LogP contribution is -2.17. The fourth-order valence-electron chi connectivity index (χ4n) is 2.28. The zero-order valence-electron chi connectivity index (χ0n) is 14.4. The zero-order valence-corrected chi connectivity index (χ0v) is 15.3. The number of furan rings is 1. The summed E-state index contributed by atoms with van der Waals surface area (Å²) in [6.45, 7) is 0.0839. The number of esters is 1. The maximum absolute atomic E-state index is 11.6. The smallest absolute Gasteiger partial charge is 0.373 e. The van der Waals surface area contributed by atoms with Gasteiger partial charge in [-0.15, -0.1) is 0 Å². The van der Waals surface area contributed by atoms with E-state index in [4.69, 9.17) is 13.9 Å². The molecule has 2 amide bonds. The van der Waals surface area contributed by atoms with Crippen LogP contribution in [0.15, 0.2) is 39.7 Å². The van der Waals surface area contributed by atoms with E-state index in [2.05, 4.69) is 10.1 Å². The van der Waals surface area contributed by atoms with Crippen LogP contribution in [-0.4, -0.2) is 31.3 Å². The predicted octanol–water partition coefficient (Wildman–Crippen LogP) is 2.98. The van der Waals surface area contributed by atoms with Crippen molar-refractivity contribution >= 4 is 35.0 Å². The third-order valence-electron chi connectivity index (χ3n) is 3.55. The van der Waals surface area contributed by atoms with Gasteiger partial charge in [0.15, 0.2) is 11.5 Å². The highest BCUT2D eigenvalue weighted by atomic mass is 32.2. The van der Waals surface area contributed by atoms with E-state index >= 15 is 0 Å². The Morgan fingerprint density at radius 2 is 2.00 bits per heavy atom. The summed E-state index contributed by atoms with van der Waals surface area (Å²) in [7, 11) is 2.76. The van der Waals surface area contributed by atoms with Crippen molar-refractivity contribution in [2.75, 3.05) is 14.2 Å². The van der Waals surface area contributed by atoms with Crippen LogP contribution in [0.3, 0.4) is 0 Å². The molecule has 1 aliphatic rings. The molecule has 2 aromatic rings. The standard InChI is InChI=1S/C18H15NO7S/c1-23-14-7-10(8-15-16(20)19-18(22)27-15)3-5-12(14)25-9-11-4-6-13(26-11)17(21)24-2/h3-8H,9H2,1-2H3,(H,19,20,22)/b15-8-. The lowest BCUT2D eigenvalue weighted by molar-refractivity contribution is -0.115. The summed E-state index contributed by atoms with van der Waals surface area (Å²) < 4.78 is 20.9. The molecule has 140 valence electrons. The second-order valence-corrected chi connectivity index (χ2v) is 6.32. The van der Waals surface area contributed by atoms with E-state index in [9.17, 15) is 14.4 Å². The van der Waals surface area contributed by atoms with Gasteiger partial charge in [-0.3, -0.25) is 14.9 Å². The fourth-order valence-corrected chi connectivity index (χ4v) is 2.96. The number of imide groups is 1. The number of hydrogen-bond acceptors (Lipinski definition) is 8. The molecule has 1 saturated heterocycles. The van der Waals surface area contributed by atoms with E-state index in [0.717, 1.165) is 11.8 Å². The van der Waals surface area contributed by atoms with Crippen LogP contribution in [0.2, 0.25) is 0 Å². The number of hydrogen-bond donors (Lipinski definition) is 1. The quantitative estimate of drug-likeness (QED) is 0.594. The summed E-state index contributed by atoms with van der Waals surface area (Å²) in [6, 6.07) is 8.20. The number of carbonyl (C=O) groups excluding carboxylic acids is 3. The Morgan fingerprint density at radius 1 is 1.19 bits per heavy atom. The molecule has 0 atom stereocenters. The molecule has 0 spiro atoms. The SMILES string of the molecule is COC(=O)c1ccc(COc2ccc(/C=C3\SC(=O)NC3=O)cc2OC)o1. The fraction of sp³-hybridized carbons (Fsp3) is 0.167. The first-order valence-corrected chi connectivity index (χ1v) is 8.54. The van der Waals surface area contributed by atoms with Gasteiger partial charge in [0.2, 0.25) is 5.76 Å². The van der Waals surface area contributed by atoms with Crippen molar-refractivity contribution in [3.05, 3.63) is 52.3 Å². The minimum absolute atomic E-state index is 0.0839. The van der Waals surface area contributed by atoms with Gasteiger partial charge < -0.3 is 18.6 Å².